The number of rotatable bonds is 35. The van der Waals surface area contributed by atoms with Gasteiger partial charge in [0.25, 0.3) is 7.82 Å². The van der Waals surface area contributed by atoms with E-state index in [4.69, 9.17) is 9.05 Å². The van der Waals surface area contributed by atoms with Crippen LogP contribution in [0.2, 0.25) is 0 Å². The molecule has 0 saturated carbocycles. The van der Waals surface area contributed by atoms with E-state index in [1.54, 1.807) is 6.08 Å². The highest BCUT2D eigenvalue weighted by Crippen LogP contribution is 2.38. The monoisotopic (exact) mass is 701 g/mol. The molecule has 0 aromatic carbocycles. The molecule has 8 nitrogen and oxygen atoms in total. The zero-order chi connectivity index (χ0) is 35.8. The number of carbonyl (C=O) groups is 1. The third-order valence-corrected chi connectivity index (χ3v) is 9.63. The van der Waals surface area contributed by atoms with Gasteiger partial charge in [0.1, 0.15) is 13.2 Å². The van der Waals surface area contributed by atoms with Gasteiger partial charge in [-0.25, -0.2) is 0 Å². The Hall–Kier alpha value is -1.02. The van der Waals surface area contributed by atoms with E-state index < -0.39 is 20.0 Å². The molecule has 0 aromatic heterocycles. The molecule has 3 atom stereocenters. The van der Waals surface area contributed by atoms with Crippen LogP contribution in [-0.4, -0.2) is 68.5 Å². The fourth-order valence-electron chi connectivity index (χ4n) is 5.46. The second-order valence-corrected chi connectivity index (χ2v) is 16.0. The van der Waals surface area contributed by atoms with Crippen LogP contribution in [-0.2, 0) is 18.4 Å². The molecule has 0 saturated heterocycles. The van der Waals surface area contributed by atoms with E-state index in [0.717, 1.165) is 38.5 Å². The number of hydrogen-bond donors (Lipinski definition) is 2. The Bertz CT molecular complexity index is 845. The highest BCUT2D eigenvalue weighted by atomic mass is 31.2. The van der Waals surface area contributed by atoms with E-state index >= 15 is 0 Å². The third-order valence-electron chi connectivity index (χ3n) is 8.66. The van der Waals surface area contributed by atoms with E-state index in [9.17, 15) is 19.4 Å². The SMILES string of the molecule is CCCCCCCCCCCCC/C=C/CC/C=C/C(O)C(COP(=O)([O-])OCC[N+](C)(C)C)NC(=O)CCCCCCCCCCC. The van der Waals surface area contributed by atoms with Crippen molar-refractivity contribution >= 4 is 13.7 Å². The number of nitrogens with one attached hydrogen (secondary N) is 1. The summed E-state index contributed by atoms with van der Waals surface area (Å²) in [4.78, 5) is 25.1. The molecule has 0 fully saturated rings. The van der Waals surface area contributed by atoms with Gasteiger partial charge in [0.05, 0.1) is 39.9 Å². The van der Waals surface area contributed by atoms with Crippen molar-refractivity contribution < 1.29 is 32.9 Å². The van der Waals surface area contributed by atoms with Gasteiger partial charge in [-0.15, -0.1) is 0 Å². The minimum atomic E-state index is -4.58. The molecule has 284 valence electrons. The maximum Gasteiger partial charge on any atom is 0.268 e. The van der Waals surface area contributed by atoms with Crippen LogP contribution in [0, 0.1) is 0 Å². The number of phosphoric acid groups is 1. The first kappa shape index (κ1) is 47.0. The van der Waals surface area contributed by atoms with Crippen molar-refractivity contribution in [2.45, 2.75) is 180 Å². The van der Waals surface area contributed by atoms with E-state index in [0.29, 0.717) is 17.4 Å². The van der Waals surface area contributed by atoms with Crippen molar-refractivity contribution in [1.29, 1.82) is 0 Å². The number of nitrogens with zero attached hydrogens (tertiary/aromatic N) is 1. The largest absolute Gasteiger partial charge is 0.756 e. The lowest BCUT2D eigenvalue weighted by Gasteiger charge is -2.29. The predicted octanol–water partition coefficient (Wildman–Crippen LogP) is 9.55. The van der Waals surface area contributed by atoms with E-state index in [2.05, 4.69) is 31.3 Å². The fourth-order valence-corrected chi connectivity index (χ4v) is 6.18. The Balaban J connectivity index is 4.52. The minimum absolute atomic E-state index is 0.00483. The summed E-state index contributed by atoms with van der Waals surface area (Å²) in [5.41, 5.74) is 0. The molecule has 0 aliphatic carbocycles. The molecule has 9 heteroatoms. The van der Waals surface area contributed by atoms with Crippen LogP contribution in [0.5, 0.6) is 0 Å². The maximum atomic E-state index is 12.7. The molecule has 0 rings (SSSR count). The first-order valence-electron chi connectivity index (χ1n) is 19.7. The zero-order valence-electron chi connectivity index (χ0n) is 31.9. The van der Waals surface area contributed by atoms with Crippen LogP contribution in [0.1, 0.15) is 168 Å². The number of hydrogen-bond acceptors (Lipinski definition) is 6. The predicted molar refractivity (Wildman–Crippen MR) is 201 cm³/mol. The van der Waals surface area contributed by atoms with Crippen molar-refractivity contribution in [3.8, 4) is 0 Å². The number of aliphatic hydroxyl groups is 1. The van der Waals surface area contributed by atoms with Crippen LogP contribution >= 0.6 is 7.82 Å². The summed E-state index contributed by atoms with van der Waals surface area (Å²) in [6.07, 6.45) is 35.1. The number of unbranched alkanes of at least 4 members (excludes halogenated alkanes) is 20. The quantitative estimate of drug-likeness (QED) is 0.0295. The van der Waals surface area contributed by atoms with Crippen molar-refractivity contribution in [3.63, 3.8) is 0 Å². The molecule has 48 heavy (non-hydrogen) atoms. The summed E-state index contributed by atoms with van der Waals surface area (Å²) in [6, 6.07) is -0.895. The summed E-state index contributed by atoms with van der Waals surface area (Å²) >= 11 is 0. The van der Waals surface area contributed by atoms with Gasteiger partial charge in [0, 0.05) is 6.42 Å². The summed E-state index contributed by atoms with van der Waals surface area (Å²) in [5.74, 6) is -0.212. The van der Waals surface area contributed by atoms with Crippen molar-refractivity contribution in [1.82, 2.24) is 5.32 Å². The average Bonchev–Trinajstić information content (AvgIpc) is 3.02. The molecule has 0 bridgehead atoms. The van der Waals surface area contributed by atoms with Gasteiger partial charge < -0.3 is 28.8 Å². The zero-order valence-corrected chi connectivity index (χ0v) is 32.8. The second kappa shape index (κ2) is 31.9. The highest BCUT2D eigenvalue weighted by Gasteiger charge is 2.23. The van der Waals surface area contributed by atoms with Crippen molar-refractivity contribution in [3.05, 3.63) is 24.3 Å². The van der Waals surface area contributed by atoms with Gasteiger partial charge in [-0.05, 0) is 32.1 Å². The average molecular weight is 701 g/mol. The lowest BCUT2D eigenvalue weighted by Crippen LogP contribution is -2.45. The van der Waals surface area contributed by atoms with Gasteiger partial charge >= 0.3 is 0 Å². The lowest BCUT2D eigenvalue weighted by molar-refractivity contribution is -0.870. The molecule has 0 aromatic rings. The molecule has 0 spiro atoms. The third kappa shape index (κ3) is 33.5. The summed E-state index contributed by atoms with van der Waals surface area (Å²) in [7, 11) is 1.24. The number of phosphoric ester groups is 1. The number of allylic oxidation sites excluding steroid dienone is 3. The molecule has 0 aliphatic heterocycles. The van der Waals surface area contributed by atoms with Crippen LogP contribution in [0.25, 0.3) is 0 Å². The number of aliphatic hydroxyl groups excluding tert-OH is 1. The Morgan fingerprint density at radius 3 is 1.69 bits per heavy atom. The topological polar surface area (TPSA) is 108 Å². The Labute approximate surface area is 296 Å². The van der Waals surface area contributed by atoms with Crippen LogP contribution in [0.3, 0.4) is 0 Å². The Morgan fingerprint density at radius 2 is 1.17 bits per heavy atom. The maximum absolute atomic E-state index is 12.7. The smallest absolute Gasteiger partial charge is 0.268 e. The molecule has 2 N–H and O–H groups in total. The van der Waals surface area contributed by atoms with Gasteiger partial charge in [0.2, 0.25) is 5.91 Å². The summed E-state index contributed by atoms with van der Waals surface area (Å²) in [5, 5.41) is 13.7. The molecular formula is C39H77N2O6P. The summed E-state index contributed by atoms with van der Waals surface area (Å²) < 4.78 is 23.0. The minimum Gasteiger partial charge on any atom is -0.756 e. The Kier molecular flexibility index (Phi) is 31.2. The molecule has 0 heterocycles. The molecular weight excluding hydrogens is 623 g/mol. The van der Waals surface area contributed by atoms with Gasteiger partial charge in [-0.1, -0.05) is 154 Å². The number of quaternary nitrogens is 1. The second-order valence-electron chi connectivity index (χ2n) is 14.6. The molecule has 0 radical (unpaired) electrons. The van der Waals surface area contributed by atoms with E-state index in [-0.39, 0.29) is 19.1 Å². The van der Waals surface area contributed by atoms with Crippen molar-refractivity contribution in [2.24, 2.45) is 0 Å². The molecule has 0 aliphatic rings. The fraction of sp³-hybridized carbons (Fsp3) is 0.872. The normalized spacial score (nSPS) is 14.9. The first-order chi connectivity index (χ1) is 23.0. The number of amides is 1. The molecule has 3 unspecified atom stereocenters. The van der Waals surface area contributed by atoms with E-state index in [1.807, 2.05) is 27.2 Å². The van der Waals surface area contributed by atoms with E-state index in [1.165, 1.54) is 109 Å². The Morgan fingerprint density at radius 1 is 0.708 bits per heavy atom. The number of likely N-dealkylation sites (N-methyl/N-ethyl adjacent to an activating group) is 1. The van der Waals surface area contributed by atoms with Crippen LogP contribution < -0.4 is 10.2 Å². The highest BCUT2D eigenvalue weighted by molar-refractivity contribution is 7.45. The van der Waals surface area contributed by atoms with Gasteiger partial charge in [-0.2, -0.15) is 0 Å². The number of carbonyl (C=O) groups excluding carboxylic acids is 1. The first-order valence-corrected chi connectivity index (χ1v) is 21.2. The van der Waals surface area contributed by atoms with Crippen molar-refractivity contribution in [2.75, 3.05) is 40.9 Å². The van der Waals surface area contributed by atoms with Gasteiger partial charge in [0.15, 0.2) is 0 Å². The van der Waals surface area contributed by atoms with Crippen LogP contribution in [0.4, 0.5) is 0 Å². The summed E-state index contributed by atoms with van der Waals surface area (Å²) in [6.45, 7) is 4.58. The standard InChI is InChI=1S/C39H77N2O6P/c1-6-8-10-12-14-16-17-18-19-20-21-22-23-25-26-28-30-32-38(42)37(36-47-48(44,45)46-35-34-41(3,4)5)40-39(43)33-31-29-27-24-15-13-11-9-7-2/h23,25,30,32,37-38,42H,6-22,24,26-29,31,33-36H2,1-5H3,(H-,40,43,44,45)/b25-23+,32-30+. The van der Waals surface area contributed by atoms with Gasteiger partial charge in [-0.3, -0.25) is 9.36 Å². The molecule has 1 amide bonds. The lowest BCUT2D eigenvalue weighted by atomic mass is 10.1. The van der Waals surface area contributed by atoms with Crippen LogP contribution in [0.15, 0.2) is 24.3 Å².